The van der Waals surface area contributed by atoms with Gasteiger partial charge in [-0.2, -0.15) is 0 Å². The van der Waals surface area contributed by atoms with Crippen molar-refractivity contribution in [2.75, 3.05) is 20.2 Å². The number of piperidine rings is 1. The van der Waals surface area contributed by atoms with Gasteiger partial charge in [-0.15, -0.1) is 0 Å². The molecule has 0 unspecified atom stereocenters. The summed E-state index contributed by atoms with van der Waals surface area (Å²) in [6.45, 7) is 0.960. The van der Waals surface area contributed by atoms with Gasteiger partial charge in [-0.1, -0.05) is 15.9 Å². The van der Waals surface area contributed by atoms with E-state index in [1.54, 1.807) is 13.2 Å². The Morgan fingerprint density at radius 1 is 1.18 bits per heavy atom. The molecule has 1 aliphatic carbocycles. The van der Waals surface area contributed by atoms with Crippen LogP contribution < -0.4 is 14.8 Å². The Hall–Kier alpha value is -3.13. The Kier molecular flexibility index (Phi) is 5.02. The van der Waals surface area contributed by atoms with E-state index in [0.717, 1.165) is 33.8 Å². The number of hydrogen-bond donors (Lipinski definition) is 1. The molecule has 6 rings (SSSR count). The van der Waals surface area contributed by atoms with Gasteiger partial charge in [0.2, 0.25) is 0 Å². The van der Waals surface area contributed by atoms with E-state index in [4.69, 9.17) is 9.47 Å². The van der Waals surface area contributed by atoms with Crippen LogP contribution in [-0.4, -0.2) is 47.6 Å². The van der Waals surface area contributed by atoms with Crippen molar-refractivity contribution < 1.29 is 19.1 Å². The molecule has 1 aromatic heterocycles. The van der Waals surface area contributed by atoms with Gasteiger partial charge in [-0.05, 0) is 49.2 Å². The molecule has 1 N–H and O–H groups in total. The zero-order valence-electron chi connectivity index (χ0n) is 18.8. The largest absolute Gasteiger partial charge is 0.496 e. The number of methoxy groups -OCH3 is 1. The van der Waals surface area contributed by atoms with Crippen LogP contribution in [0.4, 0.5) is 0 Å². The number of amides is 2. The molecule has 8 heteroatoms. The highest BCUT2D eigenvalue weighted by Gasteiger charge is 2.43. The number of carbonyl (C=O) groups is 2. The van der Waals surface area contributed by atoms with E-state index in [1.165, 1.54) is 0 Å². The summed E-state index contributed by atoms with van der Waals surface area (Å²) in [6.07, 6.45) is 5.11. The number of fused-ring (bicyclic) bond motifs is 2. The van der Waals surface area contributed by atoms with Crippen LogP contribution in [0, 0.1) is 0 Å². The number of hydrogen-bond acceptors (Lipinski definition) is 5. The Bertz CT molecular complexity index is 1330. The zero-order chi connectivity index (χ0) is 23.4. The Morgan fingerprint density at radius 3 is 2.71 bits per heavy atom. The molecule has 2 amide bonds. The van der Waals surface area contributed by atoms with Crippen LogP contribution in [0.1, 0.15) is 58.0 Å². The molecule has 0 bridgehead atoms. The summed E-state index contributed by atoms with van der Waals surface area (Å²) >= 11 is 3.40. The molecule has 3 aliphatic rings. The van der Waals surface area contributed by atoms with Gasteiger partial charge in [-0.25, -0.2) is 0 Å². The molecule has 34 heavy (non-hydrogen) atoms. The minimum atomic E-state index is -0.793. The molecule has 0 radical (unpaired) electrons. The maximum Gasteiger partial charge on any atom is 0.258 e. The van der Waals surface area contributed by atoms with Crippen molar-refractivity contribution in [2.45, 2.75) is 37.3 Å². The first-order chi connectivity index (χ1) is 16.5. The fraction of sp³-hybridized carbons (Fsp3) is 0.346. The van der Waals surface area contributed by atoms with E-state index in [9.17, 15) is 9.59 Å². The van der Waals surface area contributed by atoms with Crippen molar-refractivity contribution in [2.24, 2.45) is 0 Å². The molecule has 7 nitrogen and oxygen atoms in total. The van der Waals surface area contributed by atoms with Crippen molar-refractivity contribution in [3.05, 3.63) is 63.9 Å². The number of nitrogens with one attached hydrogen (secondary N) is 1. The third-order valence-electron chi connectivity index (χ3n) is 6.99. The van der Waals surface area contributed by atoms with Gasteiger partial charge in [0, 0.05) is 58.9 Å². The lowest BCUT2D eigenvalue weighted by Crippen LogP contribution is -2.61. The molecule has 2 aliphatic heterocycles. The van der Waals surface area contributed by atoms with E-state index in [0.29, 0.717) is 54.5 Å². The van der Waals surface area contributed by atoms with Gasteiger partial charge < -0.3 is 19.7 Å². The van der Waals surface area contributed by atoms with Gasteiger partial charge in [0.1, 0.15) is 11.5 Å². The third kappa shape index (κ3) is 3.60. The van der Waals surface area contributed by atoms with Gasteiger partial charge in [0.05, 0.1) is 18.4 Å². The fourth-order valence-electron chi connectivity index (χ4n) is 5.01. The lowest BCUT2D eigenvalue weighted by molar-refractivity contribution is -0.0245. The maximum atomic E-state index is 13.5. The smallest absolute Gasteiger partial charge is 0.258 e. The highest BCUT2D eigenvalue weighted by Crippen LogP contribution is 2.43. The summed E-state index contributed by atoms with van der Waals surface area (Å²) in [5, 5.41) is 5.01. The van der Waals surface area contributed by atoms with Crippen LogP contribution in [0.5, 0.6) is 11.5 Å². The number of pyridine rings is 1. The number of aromatic nitrogens is 1. The summed E-state index contributed by atoms with van der Waals surface area (Å²) in [7, 11) is 1.63. The number of carbonyl (C=O) groups excluding carboxylic acids is 2. The average Bonchev–Trinajstić information content (AvgIpc) is 3.69. The number of rotatable bonds is 3. The van der Waals surface area contributed by atoms with E-state index < -0.39 is 5.72 Å². The highest BCUT2D eigenvalue weighted by molar-refractivity contribution is 9.10. The van der Waals surface area contributed by atoms with Crippen LogP contribution in [-0.2, 0) is 0 Å². The standard InChI is InChI=1S/C26H24BrN3O4/c1-33-22-13-16(12-19-18(22)6-9-28-23(19)15-2-3-15)25(32)30-10-7-26(8-11-30)29-24(31)20-14-17(27)4-5-21(20)34-26/h4-6,9,12-15H,2-3,7-8,10-11H2,1H3,(H,29,31). The normalized spacial score (nSPS) is 18.9. The summed E-state index contributed by atoms with van der Waals surface area (Å²) in [4.78, 5) is 32.6. The number of halogens is 1. The van der Waals surface area contributed by atoms with Crippen molar-refractivity contribution in [1.29, 1.82) is 0 Å². The Balaban J connectivity index is 1.25. The quantitative estimate of drug-likeness (QED) is 0.543. The van der Waals surface area contributed by atoms with Gasteiger partial charge in [0.15, 0.2) is 5.72 Å². The number of ether oxygens (including phenoxy) is 2. The maximum absolute atomic E-state index is 13.5. The van der Waals surface area contributed by atoms with Crippen molar-refractivity contribution >= 4 is 38.5 Å². The predicted octanol–water partition coefficient (Wildman–Crippen LogP) is 4.64. The molecular formula is C26H24BrN3O4. The first-order valence-corrected chi connectivity index (χ1v) is 12.3. The van der Waals surface area contributed by atoms with Crippen LogP contribution in [0.3, 0.4) is 0 Å². The molecule has 1 saturated heterocycles. The second-order valence-corrected chi connectivity index (χ2v) is 10.1. The van der Waals surface area contributed by atoms with Crippen LogP contribution in [0.2, 0.25) is 0 Å². The monoisotopic (exact) mass is 521 g/mol. The second-order valence-electron chi connectivity index (χ2n) is 9.23. The summed E-state index contributed by atoms with van der Waals surface area (Å²) in [5.41, 5.74) is 1.37. The van der Waals surface area contributed by atoms with E-state index >= 15 is 0 Å². The second kappa shape index (κ2) is 7.98. The topological polar surface area (TPSA) is 80.8 Å². The summed E-state index contributed by atoms with van der Waals surface area (Å²) in [5.74, 6) is 1.52. The molecular weight excluding hydrogens is 498 g/mol. The van der Waals surface area contributed by atoms with Gasteiger partial charge >= 0.3 is 0 Å². The van der Waals surface area contributed by atoms with E-state index in [2.05, 4.69) is 26.2 Å². The minimum absolute atomic E-state index is 0.0490. The summed E-state index contributed by atoms with van der Waals surface area (Å²) in [6, 6.07) is 11.1. The van der Waals surface area contributed by atoms with Crippen molar-refractivity contribution in [1.82, 2.24) is 15.2 Å². The zero-order valence-corrected chi connectivity index (χ0v) is 20.4. The molecule has 3 heterocycles. The average molecular weight is 522 g/mol. The predicted molar refractivity (Wildman–Crippen MR) is 130 cm³/mol. The van der Waals surface area contributed by atoms with Crippen molar-refractivity contribution in [3.8, 4) is 11.5 Å². The Labute approximate surface area is 205 Å². The van der Waals surface area contributed by atoms with Crippen LogP contribution in [0.15, 0.2) is 47.1 Å². The van der Waals surface area contributed by atoms with Crippen LogP contribution >= 0.6 is 15.9 Å². The fourth-order valence-corrected chi connectivity index (χ4v) is 5.37. The molecule has 2 aromatic carbocycles. The summed E-state index contributed by atoms with van der Waals surface area (Å²) < 4.78 is 12.7. The van der Waals surface area contributed by atoms with Gasteiger partial charge in [-0.3, -0.25) is 14.6 Å². The van der Waals surface area contributed by atoms with Crippen molar-refractivity contribution in [3.63, 3.8) is 0 Å². The van der Waals surface area contributed by atoms with Crippen LogP contribution in [0.25, 0.3) is 10.8 Å². The molecule has 1 saturated carbocycles. The lowest BCUT2D eigenvalue weighted by Gasteiger charge is -2.44. The first kappa shape index (κ1) is 21.4. The highest BCUT2D eigenvalue weighted by atomic mass is 79.9. The Morgan fingerprint density at radius 2 is 1.97 bits per heavy atom. The SMILES string of the molecule is COc1cc(C(=O)N2CCC3(CC2)NC(=O)c2cc(Br)ccc2O3)cc2c(C3CC3)nccc12. The van der Waals surface area contributed by atoms with E-state index in [-0.39, 0.29) is 11.8 Å². The van der Waals surface area contributed by atoms with E-state index in [1.807, 2.05) is 41.4 Å². The minimum Gasteiger partial charge on any atom is -0.496 e. The molecule has 0 atom stereocenters. The lowest BCUT2D eigenvalue weighted by atomic mass is 9.96. The third-order valence-corrected chi connectivity index (χ3v) is 7.49. The molecule has 2 fully saturated rings. The van der Waals surface area contributed by atoms with Gasteiger partial charge in [0.25, 0.3) is 11.8 Å². The molecule has 3 aromatic rings. The molecule has 174 valence electrons. The first-order valence-electron chi connectivity index (χ1n) is 11.5. The number of likely N-dealkylation sites (tertiary alicyclic amines) is 1. The molecule has 1 spiro atoms. The number of benzene rings is 2. The number of nitrogens with zero attached hydrogens (tertiary/aromatic N) is 2.